The molecule has 0 spiro atoms. The Bertz CT molecular complexity index is 316. The van der Waals surface area contributed by atoms with E-state index in [0.29, 0.717) is 5.78 Å². The molecule has 1 heterocycles. The van der Waals surface area contributed by atoms with Crippen LogP contribution in [0.5, 0.6) is 0 Å². The van der Waals surface area contributed by atoms with E-state index in [2.05, 4.69) is 6.92 Å². The highest BCUT2D eigenvalue weighted by Gasteiger charge is 2.04. The van der Waals surface area contributed by atoms with Gasteiger partial charge in [0.05, 0.1) is 0 Å². The third-order valence-corrected chi connectivity index (χ3v) is 4.28. The van der Waals surface area contributed by atoms with E-state index in [-0.39, 0.29) is 0 Å². The van der Waals surface area contributed by atoms with E-state index in [1.807, 2.05) is 16.8 Å². The number of rotatable bonds is 12. The molecule has 0 aliphatic heterocycles. The smallest absolute Gasteiger partial charge is 0.163 e. The molecule has 0 amide bonds. The molecule has 0 aromatic carbocycles. The Morgan fingerprint density at radius 2 is 1.53 bits per heavy atom. The lowest BCUT2D eigenvalue weighted by atomic mass is 10.0. The normalized spacial score (nSPS) is 10.8. The second-order valence-electron chi connectivity index (χ2n) is 5.37. The van der Waals surface area contributed by atoms with Crippen LogP contribution in [-0.4, -0.2) is 5.78 Å². The summed E-state index contributed by atoms with van der Waals surface area (Å²) in [6.45, 7) is 2.26. The molecule has 0 N–H and O–H groups in total. The molecule has 0 saturated heterocycles. The Labute approximate surface area is 122 Å². The van der Waals surface area contributed by atoms with Crippen molar-refractivity contribution < 1.29 is 4.79 Å². The van der Waals surface area contributed by atoms with Crippen molar-refractivity contribution in [2.24, 2.45) is 0 Å². The lowest BCUT2D eigenvalue weighted by Gasteiger charge is -2.02. The van der Waals surface area contributed by atoms with Crippen molar-refractivity contribution in [3.63, 3.8) is 0 Å². The predicted octanol–water partition coefficient (Wildman–Crippen LogP) is 6.24. The number of unbranched alkanes of at least 4 members (excludes halogenated alkanes) is 9. The minimum absolute atomic E-state index is 0.320. The van der Waals surface area contributed by atoms with E-state index in [4.69, 9.17) is 0 Å². The zero-order valence-electron chi connectivity index (χ0n) is 12.3. The number of hydrogen-bond acceptors (Lipinski definition) is 2. The van der Waals surface area contributed by atoms with Crippen molar-refractivity contribution in [1.82, 2.24) is 0 Å². The maximum absolute atomic E-state index is 11.7. The zero-order valence-corrected chi connectivity index (χ0v) is 13.1. The van der Waals surface area contributed by atoms with E-state index in [1.54, 1.807) is 11.3 Å². The van der Waals surface area contributed by atoms with Gasteiger partial charge in [-0.2, -0.15) is 11.3 Å². The maximum Gasteiger partial charge on any atom is 0.163 e. The molecular weight excluding hydrogens is 252 g/mol. The number of ketones is 1. The van der Waals surface area contributed by atoms with Gasteiger partial charge in [0.25, 0.3) is 0 Å². The van der Waals surface area contributed by atoms with Crippen molar-refractivity contribution in [1.29, 1.82) is 0 Å². The summed E-state index contributed by atoms with van der Waals surface area (Å²) in [6.07, 6.45) is 14.0. The molecule has 2 heteroatoms. The summed E-state index contributed by atoms with van der Waals surface area (Å²) in [5.41, 5.74) is 0.904. The minimum Gasteiger partial charge on any atom is -0.294 e. The van der Waals surface area contributed by atoms with E-state index in [1.165, 1.54) is 57.8 Å². The summed E-state index contributed by atoms with van der Waals surface area (Å²) in [4.78, 5) is 11.7. The molecule has 1 rings (SSSR count). The number of thiophene rings is 1. The minimum atomic E-state index is 0.320. The Kier molecular flexibility index (Phi) is 9.70. The molecule has 0 saturated carbocycles. The van der Waals surface area contributed by atoms with Crippen LogP contribution in [0.3, 0.4) is 0 Å². The summed E-state index contributed by atoms with van der Waals surface area (Å²) in [6, 6.07) is 1.93. The summed E-state index contributed by atoms with van der Waals surface area (Å²) in [7, 11) is 0. The maximum atomic E-state index is 11.7. The molecule has 0 aliphatic rings. The van der Waals surface area contributed by atoms with Gasteiger partial charge in [0.15, 0.2) is 5.78 Å². The molecule has 0 fully saturated rings. The van der Waals surface area contributed by atoms with E-state index in [9.17, 15) is 4.79 Å². The Morgan fingerprint density at radius 1 is 0.947 bits per heavy atom. The molecule has 108 valence electrons. The highest BCUT2D eigenvalue weighted by atomic mass is 32.1. The fourth-order valence-corrected chi connectivity index (χ4v) is 3.00. The van der Waals surface area contributed by atoms with Gasteiger partial charge in [-0.15, -0.1) is 0 Å². The van der Waals surface area contributed by atoms with Crippen LogP contribution < -0.4 is 0 Å². The molecule has 19 heavy (non-hydrogen) atoms. The van der Waals surface area contributed by atoms with Crippen molar-refractivity contribution in [3.05, 3.63) is 22.4 Å². The first-order chi connectivity index (χ1) is 9.34. The third kappa shape index (κ3) is 8.20. The largest absolute Gasteiger partial charge is 0.294 e. The van der Waals surface area contributed by atoms with Crippen LogP contribution in [0.2, 0.25) is 0 Å². The van der Waals surface area contributed by atoms with Crippen LogP contribution in [0.25, 0.3) is 0 Å². The Morgan fingerprint density at radius 3 is 2.05 bits per heavy atom. The van der Waals surface area contributed by atoms with Crippen LogP contribution in [0.1, 0.15) is 87.9 Å². The van der Waals surface area contributed by atoms with Gasteiger partial charge in [0.2, 0.25) is 0 Å². The monoisotopic (exact) mass is 280 g/mol. The van der Waals surface area contributed by atoms with Gasteiger partial charge in [-0.3, -0.25) is 4.79 Å². The van der Waals surface area contributed by atoms with E-state index >= 15 is 0 Å². The summed E-state index contributed by atoms with van der Waals surface area (Å²) >= 11 is 1.61. The predicted molar refractivity (Wildman–Crippen MR) is 85.1 cm³/mol. The highest BCUT2D eigenvalue weighted by molar-refractivity contribution is 7.08. The highest BCUT2D eigenvalue weighted by Crippen LogP contribution is 2.14. The third-order valence-electron chi connectivity index (χ3n) is 3.60. The average molecular weight is 280 g/mol. The first-order valence-corrected chi connectivity index (χ1v) is 8.84. The van der Waals surface area contributed by atoms with Crippen molar-refractivity contribution in [2.75, 3.05) is 0 Å². The molecule has 0 atom stereocenters. The number of Topliss-reactive ketones (excluding diaryl/α,β-unsaturated/α-hetero) is 1. The topological polar surface area (TPSA) is 17.1 Å². The van der Waals surface area contributed by atoms with Crippen LogP contribution >= 0.6 is 11.3 Å². The van der Waals surface area contributed by atoms with Crippen LogP contribution in [0.4, 0.5) is 0 Å². The quantitative estimate of drug-likeness (QED) is 0.327. The summed E-state index contributed by atoms with van der Waals surface area (Å²) < 4.78 is 0. The van der Waals surface area contributed by atoms with Gasteiger partial charge >= 0.3 is 0 Å². The van der Waals surface area contributed by atoms with Crippen molar-refractivity contribution in [2.45, 2.75) is 77.6 Å². The molecule has 0 aliphatic carbocycles. The van der Waals surface area contributed by atoms with Gasteiger partial charge in [-0.05, 0) is 17.9 Å². The summed E-state index contributed by atoms with van der Waals surface area (Å²) in [5.74, 6) is 0.320. The van der Waals surface area contributed by atoms with Gasteiger partial charge in [0, 0.05) is 17.4 Å². The SMILES string of the molecule is CCCCCCCCCCCCC(=O)c1ccsc1. The van der Waals surface area contributed by atoms with Crippen LogP contribution in [-0.2, 0) is 0 Å². The number of carbonyl (C=O) groups is 1. The van der Waals surface area contributed by atoms with Gasteiger partial charge in [0.1, 0.15) is 0 Å². The molecule has 0 unspecified atom stereocenters. The van der Waals surface area contributed by atoms with E-state index < -0.39 is 0 Å². The van der Waals surface area contributed by atoms with Crippen LogP contribution in [0.15, 0.2) is 16.8 Å². The molecule has 1 nitrogen and oxygen atoms in total. The molecular formula is C17H28OS. The first kappa shape index (κ1) is 16.4. The average Bonchev–Trinajstić information content (AvgIpc) is 2.95. The van der Waals surface area contributed by atoms with Crippen molar-refractivity contribution >= 4 is 17.1 Å². The first-order valence-electron chi connectivity index (χ1n) is 7.90. The van der Waals surface area contributed by atoms with E-state index in [0.717, 1.165) is 18.4 Å². The molecule has 1 aromatic heterocycles. The fraction of sp³-hybridized carbons (Fsp3) is 0.706. The molecule has 1 aromatic rings. The molecule has 0 radical (unpaired) electrons. The van der Waals surface area contributed by atoms with Crippen molar-refractivity contribution in [3.8, 4) is 0 Å². The number of hydrogen-bond donors (Lipinski definition) is 0. The van der Waals surface area contributed by atoms with Gasteiger partial charge in [-0.1, -0.05) is 64.7 Å². The zero-order chi connectivity index (χ0) is 13.8. The second kappa shape index (κ2) is 11.2. The second-order valence-corrected chi connectivity index (χ2v) is 6.15. The lowest BCUT2D eigenvalue weighted by Crippen LogP contribution is -1.96. The standard InChI is InChI=1S/C17H28OS/c1-2-3-4-5-6-7-8-9-10-11-12-17(18)16-13-14-19-15-16/h13-15H,2-12H2,1H3. The Hall–Kier alpha value is -0.630. The lowest BCUT2D eigenvalue weighted by molar-refractivity contribution is 0.0979. The molecule has 0 bridgehead atoms. The number of carbonyl (C=O) groups excluding carboxylic acids is 1. The van der Waals surface area contributed by atoms with Gasteiger partial charge < -0.3 is 0 Å². The Balaban J connectivity index is 1.85. The van der Waals surface area contributed by atoms with Gasteiger partial charge in [-0.25, -0.2) is 0 Å². The fourth-order valence-electron chi connectivity index (χ4n) is 2.34. The summed E-state index contributed by atoms with van der Waals surface area (Å²) in [5, 5.41) is 3.93. The van der Waals surface area contributed by atoms with Crippen LogP contribution in [0, 0.1) is 0 Å².